The number of aliphatic hydroxyl groups excluding tert-OH is 1. The summed E-state index contributed by atoms with van der Waals surface area (Å²) in [6, 6.07) is 12.9. The molecule has 1 aliphatic rings. The van der Waals surface area contributed by atoms with Crippen LogP contribution in [0.5, 0.6) is 0 Å². The third-order valence-electron chi connectivity index (χ3n) is 4.85. The van der Waals surface area contributed by atoms with Crippen molar-refractivity contribution in [3.05, 3.63) is 78.6 Å². The lowest BCUT2D eigenvalue weighted by Gasteiger charge is -2.37. The van der Waals surface area contributed by atoms with Crippen molar-refractivity contribution in [2.24, 2.45) is 5.92 Å². The molecule has 0 bridgehead atoms. The molecule has 1 amide bonds. The number of carbonyl (C=O) groups excluding carboxylic acids is 1. The predicted octanol–water partition coefficient (Wildman–Crippen LogP) is 2.51. The van der Waals surface area contributed by atoms with Gasteiger partial charge in [0.2, 0.25) is 0 Å². The van der Waals surface area contributed by atoms with Gasteiger partial charge in [-0.25, -0.2) is 4.98 Å². The van der Waals surface area contributed by atoms with Crippen molar-refractivity contribution in [3.8, 4) is 5.69 Å². The van der Waals surface area contributed by atoms with Crippen LogP contribution in [-0.4, -0.2) is 31.7 Å². The van der Waals surface area contributed by atoms with Crippen LogP contribution in [0, 0.1) is 5.92 Å². The molecule has 1 saturated carbocycles. The van der Waals surface area contributed by atoms with Gasteiger partial charge in [0, 0.05) is 29.8 Å². The Kier molecular flexibility index (Phi) is 4.50. The second-order valence-electron chi connectivity index (χ2n) is 6.61. The SMILES string of the molecule is O=C(N[C@@H](c1ccccn1)C1CC(O)C1)c1ccc(-n2ccnc2)cc1. The van der Waals surface area contributed by atoms with Crippen molar-refractivity contribution in [2.75, 3.05) is 0 Å². The van der Waals surface area contributed by atoms with Gasteiger partial charge in [0.05, 0.1) is 24.2 Å². The number of nitrogens with zero attached hydrogens (tertiary/aromatic N) is 3. The quantitative estimate of drug-likeness (QED) is 0.742. The summed E-state index contributed by atoms with van der Waals surface area (Å²) >= 11 is 0. The molecule has 132 valence electrons. The Hall–Kier alpha value is -2.99. The second-order valence-corrected chi connectivity index (χ2v) is 6.61. The van der Waals surface area contributed by atoms with Gasteiger partial charge in [0.15, 0.2) is 0 Å². The number of hydrogen-bond acceptors (Lipinski definition) is 4. The zero-order valence-electron chi connectivity index (χ0n) is 14.2. The van der Waals surface area contributed by atoms with Crippen LogP contribution in [-0.2, 0) is 0 Å². The Morgan fingerprint density at radius 1 is 1.15 bits per heavy atom. The number of rotatable bonds is 5. The van der Waals surface area contributed by atoms with Crippen molar-refractivity contribution in [2.45, 2.75) is 25.0 Å². The number of imidazole rings is 1. The molecule has 0 saturated heterocycles. The molecular formula is C20H20N4O2. The molecule has 6 nitrogen and oxygen atoms in total. The van der Waals surface area contributed by atoms with Gasteiger partial charge in [-0.05, 0) is 55.2 Å². The van der Waals surface area contributed by atoms with Gasteiger partial charge in [0.1, 0.15) is 0 Å². The summed E-state index contributed by atoms with van der Waals surface area (Å²) in [6.45, 7) is 0. The Balaban J connectivity index is 1.51. The van der Waals surface area contributed by atoms with Crippen LogP contribution in [0.25, 0.3) is 5.69 Å². The molecule has 0 unspecified atom stereocenters. The fourth-order valence-corrected chi connectivity index (χ4v) is 3.32. The van der Waals surface area contributed by atoms with Crippen LogP contribution in [0.3, 0.4) is 0 Å². The number of hydrogen-bond donors (Lipinski definition) is 2. The first kappa shape index (κ1) is 16.5. The van der Waals surface area contributed by atoms with Gasteiger partial charge < -0.3 is 15.0 Å². The molecule has 1 aromatic carbocycles. The van der Waals surface area contributed by atoms with Gasteiger partial charge in [-0.3, -0.25) is 9.78 Å². The van der Waals surface area contributed by atoms with Crippen molar-refractivity contribution in [1.29, 1.82) is 0 Å². The molecule has 0 radical (unpaired) electrons. The van der Waals surface area contributed by atoms with Crippen molar-refractivity contribution in [3.63, 3.8) is 0 Å². The lowest BCUT2D eigenvalue weighted by molar-refractivity contribution is 0.0228. The summed E-state index contributed by atoms with van der Waals surface area (Å²) in [5.41, 5.74) is 2.37. The minimum Gasteiger partial charge on any atom is -0.393 e. The van der Waals surface area contributed by atoms with Crippen LogP contribution < -0.4 is 5.32 Å². The van der Waals surface area contributed by atoms with Crippen molar-refractivity contribution >= 4 is 5.91 Å². The van der Waals surface area contributed by atoms with E-state index in [0.29, 0.717) is 18.4 Å². The minimum absolute atomic E-state index is 0.140. The van der Waals surface area contributed by atoms with E-state index in [9.17, 15) is 9.90 Å². The van der Waals surface area contributed by atoms with E-state index in [1.807, 2.05) is 41.1 Å². The molecule has 3 aromatic rings. The highest BCUT2D eigenvalue weighted by Gasteiger charge is 2.36. The van der Waals surface area contributed by atoms with Crippen LogP contribution in [0.4, 0.5) is 0 Å². The van der Waals surface area contributed by atoms with E-state index < -0.39 is 0 Å². The van der Waals surface area contributed by atoms with Crippen LogP contribution in [0.15, 0.2) is 67.4 Å². The molecule has 1 fully saturated rings. The first-order valence-electron chi connectivity index (χ1n) is 8.69. The smallest absolute Gasteiger partial charge is 0.251 e. The number of benzene rings is 1. The van der Waals surface area contributed by atoms with E-state index in [4.69, 9.17) is 0 Å². The van der Waals surface area contributed by atoms with Crippen molar-refractivity contribution in [1.82, 2.24) is 19.9 Å². The molecular weight excluding hydrogens is 328 g/mol. The van der Waals surface area contributed by atoms with Gasteiger partial charge in [0.25, 0.3) is 5.91 Å². The number of aromatic nitrogens is 3. The maximum absolute atomic E-state index is 12.7. The van der Waals surface area contributed by atoms with E-state index in [0.717, 1.165) is 11.4 Å². The Morgan fingerprint density at radius 2 is 1.96 bits per heavy atom. The van der Waals surface area contributed by atoms with Crippen LogP contribution >= 0.6 is 0 Å². The minimum atomic E-state index is -0.280. The molecule has 0 spiro atoms. The zero-order chi connectivity index (χ0) is 17.9. The van der Waals surface area contributed by atoms with Gasteiger partial charge in [-0.2, -0.15) is 0 Å². The number of carbonyl (C=O) groups is 1. The molecule has 2 aromatic heterocycles. The lowest BCUT2D eigenvalue weighted by atomic mass is 9.76. The monoisotopic (exact) mass is 348 g/mol. The Morgan fingerprint density at radius 3 is 2.58 bits per heavy atom. The molecule has 0 aliphatic heterocycles. The first-order chi connectivity index (χ1) is 12.7. The van der Waals surface area contributed by atoms with Gasteiger partial charge in [-0.1, -0.05) is 6.07 Å². The maximum atomic E-state index is 12.7. The first-order valence-corrected chi connectivity index (χ1v) is 8.69. The Bertz CT molecular complexity index is 857. The second kappa shape index (κ2) is 7.09. The average molecular weight is 348 g/mol. The van der Waals surface area contributed by atoms with E-state index in [1.165, 1.54) is 0 Å². The van der Waals surface area contributed by atoms with Gasteiger partial charge >= 0.3 is 0 Å². The maximum Gasteiger partial charge on any atom is 0.251 e. The number of nitrogens with one attached hydrogen (secondary N) is 1. The summed E-state index contributed by atoms with van der Waals surface area (Å²) < 4.78 is 1.88. The fraction of sp³-hybridized carbons (Fsp3) is 0.250. The van der Waals surface area contributed by atoms with Crippen LogP contribution in [0.2, 0.25) is 0 Å². The van der Waals surface area contributed by atoms with E-state index >= 15 is 0 Å². The molecule has 2 heterocycles. The lowest BCUT2D eigenvalue weighted by Crippen LogP contribution is -2.41. The third-order valence-corrected chi connectivity index (χ3v) is 4.85. The Labute approximate surface area is 151 Å². The summed E-state index contributed by atoms with van der Waals surface area (Å²) in [7, 11) is 0. The van der Waals surface area contributed by atoms with Crippen LogP contribution in [0.1, 0.15) is 34.9 Å². The summed E-state index contributed by atoms with van der Waals surface area (Å²) in [5.74, 6) is 0.0632. The molecule has 6 heteroatoms. The summed E-state index contributed by atoms with van der Waals surface area (Å²) in [5, 5.41) is 12.7. The molecule has 1 atom stereocenters. The molecule has 26 heavy (non-hydrogen) atoms. The predicted molar refractivity (Wildman–Crippen MR) is 96.7 cm³/mol. The standard InChI is InChI=1S/C20H20N4O2/c25-17-11-15(12-17)19(18-3-1-2-8-22-18)23-20(26)14-4-6-16(7-5-14)24-10-9-21-13-24/h1-10,13,15,17,19,25H,11-12H2,(H,23,26)/t15?,17?,19-/m1/s1. The molecule has 4 rings (SSSR count). The largest absolute Gasteiger partial charge is 0.393 e. The highest BCUT2D eigenvalue weighted by Crippen LogP contribution is 2.37. The zero-order valence-corrected chi connectivity index (χ0v) is 14.2. The number of pyridine rings is 1. The highest BCUT2D eigenvalue weighted by atomic mass is 16.3. The summed E-state index contributed by atoms with van der Waals surface area (Å²) in [6.07, 6.45) is 8.09. The van der Waals surface area contributed by atoms with Gasteiger partial charge in [-0.15, -0.1) is 0 Å². The summed E-state index contributed by atoms with van der Waals surface area (Å²) in [4.78, 5) is 21.2. The molecule has 2 N–H and O–H groups in total. The fourth-order valence-electron chi connectivity index (χ4n) is 3.32. The van der Waals surface area contributed by atoms with E-state index in [-0.39, 0.29) is 24.0 Å². The van der Waals surface area contributed by atoms with Crippen molar-refractivity contribution < 1.29 is 9.90 Å². The number of aliphatic hydroxyl groups is 1. The van der Waals surface area contributed by atoms with E-state index in [1.54, 1.807) is 30.9 Å². The third kappa shape index (κ3) is 3.36. The molecule has 1 aliphatic carbocycles. The topological polar surface area (TPSA) is 80.0 Å². The van der Waals surface area contributed by atoms with E-state index in [2.05, 4.69) is 15.3 Å². The highest BCUT2D eigenvalue weighted by molar-refractivity contribution is 5.94. The normalized spacial score (nSPS) is 20.2. The number of amides is 1. The average Bonchev–Trinajstić information content (AvgIpc) is 3.19.